The first-order valence-corrected chi connectivity index (χ1v) is 6.72. The number of hydrogen-bond acceptors (Lipinski definition) is 5. The molecule has 2 rings (SSSR count). The van der Waals surface area contributed by atoms with Gasteiger partial charge in [-0.15, -0.1) is 0 Å². The number of pyridine rings is 1. The lowest BCUT2D eigenvalue weighted by Gasteiger charge is -2.00. The van der Waals surface area contributed by atoms with E-state index in [1.807, 2.05) is 23.9 Å². The van der Waals surface area contributed by atoms with Crippen molar-refractivity contribution in [2.45, 2.75) is 19.6 Å². The van der Waals surface area contributed by atoms with E-state index in [9.17, 15) is 0 Å². The lowest BCUT2D eigenvalue weighted by atomic mass is 10.3. The number of rotatable bonds is 5. The quantitative estimate of drug-likeness (QED) is 0.815. The summed E-state index contributed by atoms with van der Waals surface area (Å²) in [5.41, 5.74) is 0.934. The van der Waals surface area contributed by atoms with E-state index >= 15 is 0 Å². The summed E-state index contributed by atoms with van der Waals surface area (Å²) >= 11 is 1.81. The third-order valence-corrected chi connectivity index (χ3v) is 3.44. The molecule has 0 aliphatic rings. The number of nitrogens with zero attached hydrogens (tertiary/aromatic N) is 3. The van der Waals surface area contributed by atoms with Gasteiger partial charge in [-0.05, 0) is 23.8 Å². The first-order valence-electron chi connectivity index (χ1n) is 5.56. The fourth-order valence-corrected chi connectivity index (χ4v) is 2.19. The zero-order valence-electron chi connectivity index (χ0n) is 9.96. The molecule has 0 radical (unpaired) electrons. The zero-order valence-corrected chi connectivity index (χ0v) is 10.8. The van der Waals surface area contributed by atoms with Crippen molar-refractivity contribution in [1.29, 1.82) is 0 Å². The van der Waals surface area contributed by atoms with Gasteiger partial charge in [0.2, 0.25) is 11.7 Å². The molecule has 2 heterocycles. The molecule has 0 amide bonds. The van der Waals surface area contributed by atoms with Gasteiger partial charge in [-0.1, -0.05) is 19.0 Å². The average molecular weight is 249 g/mol. The van der Waals surface area contributed by atoms with Crippen molar-refractivity contribution in [1.82, 2.24) is 15.1 Å². The molecular formula is C12H15N3OS. The van der Waals surface area contributed by atoms with Gasteiger partial charge in [0.15, 0.2) is 0 Å². The Morgan fingerprint density at radius 2 is 2.06 bits per heavy atom. The van der Waals surface area contributed by atoms with Crippen LogP contribution >= 0.6 is 11.8 Å². The highest BCUT2D eigenvalue weighted by molar-refractivity contribution is 7.98. The van der Waals surface area contributed by atoms with Crippen LogP contribution in [0.2, 0.25) is 0 Å². The molecule has 2 aromatic heterocycles. The van der Waals surface area contributed by atoms with E-state index < -0.39 is 0 Å². The van der Waals surface area contributed by atoms with Crippen molar-refractivity contribution in [3.8, 4) is 11.4 Å². The molecule has 0 fully saturated rings. The highest BCUT2D eigenvalue weighted by Crippen LogP contribution is 2.18. The Balaban J connectivity index is 1.97. The summed E-state index contributed by atoms with van der Waals surface area (Å²) in [6, 6.07) is 3.74. The molecule has 0 aromatic carbocycles. The minimum absolute atomic E-state index is 0.632. The van der Waals surface area contributed by atoms with E-state index in [1.165, 1.54) is 0 Å². The van der Waals surface area contributed by atoms with Crippen LogP contribution in [0, 0.1) is 5.92 Å². The maximum Gasteiger partial charge on any atom is 0.236 e. The lowest BCUT2D eigenvalue weighted by Crippen LogP contribution is -1.91. The Hall–Kier alpha value is -1.36. The van der Waals surface area contributed by atoms with Crippen LogP contribution in [-0.4, -0.2) is 20.9 Å². The smallest absolute Gasteiger partial charge is 0.236 e. The van der Waals surface area contributed by atoms with E-state index in [0.29, 0.717) is 17.6 Å². The molecule has 0 aliphatic carbocycles. The second-order valence-corrected chi connectivity index (χ2v) is 5.19. The van der Waals surface area contributed by atoms with Crippen molar-refractivity contribution < 1.29 is 4.52 Å². The predicted octanol–water partition coefficient (Wildman–Crippen LogP) is 3.02. The molecule has 5 heteroatoms. The summed E-state index contributed by atoms with van der Waals surface area (Å²) in [6.07, 6.45) is 3.44. The van der Waals surface area contributed by atoms with Crippen LogP contribution in [0.25, 0.3) is 11.4 Å². The molecule has 0 bridgehead atoms. The Morgan fingerprint density at radius 3 is 2.76 bits per heavy atom. The van der Waals surface area contributed by atoms with E-state index in [1.54, 1.807) is 12.4 Å². The van der Waals surface area contributed by atoms with Gasteiger partial charge in [-0.2, -0.15) is 16.7 Å². The summed E-state index contributed by atoms with van der Waals surface area (Å²) < 4.78 is 5.20. The molecule has 17 heavy (non-hydrogen) atoms. The first kappa shape index (κ1) is 12.1. The van der Waals surface area contributed by atoms with Crippen molar-refractivity contribution in [2.75, 3.05) is 5.75 Å². The number of thioether (sulfide) groups is 1. The van der Waals surface area contributed by atoms with E-state index in [2.05, 4.69) is 29.0 Å². The average Bonchev–Trinajstić information content (AvgIpc) is 2.78. The molecule has 2 aromatic rings. The fourth-order valence-electron chi connectivity index (χ4n) is 1.31. The van der Waals surface area contributed by atoms with Crippen molar-refractivity contribution >= 4 is 11.8 Å². The van der Waals surface area contributed by atoms with Gasteiger partial charge in [-0.3, -0.25) is 4.98 Å². The third-order valence-electron chi connectivity index (χ3n) is 2.08. The molecule has 4 nitrogen and oxygen atoms in total. The van der Waals surface area contributed by atoms with Crippen LogP contribution < -0.4 is 0 Å². The summed E-state index contributed by atoms with van der Waals surface area (Å²) in [5, 5.41) is 3.96. The molecule has 0 spiro atoms. The Bertz CT molecular complexity index is 456. The standard InChI is InChI=1S/C12H15N3OS/c1-9(2)7-17-8-11-14-12(15-16-11)10-3-5-13-6-4-10/h3-6,9H,7-8H2,1-2H3. The van der Waals surface area contributed by atoms with Crippen molar-refractivity contribution in [3.63, 3.8) is 0 Å². The SMILES string of the molecule is CC(C)CSCc1nc(-c2ccncc2)no1. The van der Waals surface area contributed by atoms with Gasteiger partial charge in [-0.25, -0.2) is 0 Å². The monoisotopic (exact) mass is 249 g/mol. The van der Waals surface area contributed by atoms with Gasteiger partial charge in [0.1, 0.15) is 0 Å². The molecule has 0 N–H and O–H groups in total. The predicted molar refractivity (Wildman–Crippen MR) is 68.5 cm³/mol. The summed E-state index contributed by atoms with van der Waals surface area (Å²) in [6.45, 7) is 4.40. The fraction of sp³-hybridized carbons (Fsp3) is 0.417. The second-order valence-electron chi connectivity index (χ2n) is 4.16. The van der Waals surface area contributed by atoms with Crippen LogP contribution in [0.1, 0.15) is 19.7 Å². The van der Waals surface area contributed by atoms with Crippen LogP contribution in [0.5, 0.6) is 0 Å². The van der Waals surface area contributed by atoms with Crippen LogP contribution in [0.3, 0.4) is 0 Å². The van der Waals surface area contributed by atoms with Crippen LogP contribution in [-0.2, 0) is 5.75 Å². The largest absolute Gasteiger partial charge is 0.338 e. The van der Waals surface area contributed by atoms with Crippen LogP contribution in [0.15, 0.2) is 29.0 Å². The van der Waals surface area contributed by atoms with E-state index in [0.717, 1.165) is 17.1 Å². The Morgan fingerprint density at radius 1 is 1.29 bits per heavy atom. The highest BCUT2D eigenvalue weighted by atomic mass is 32.2. The first-order chi connectivity index (χ1) is 8.25. The van der Waals surface area contributed by atoms with Gasteiger partial charge in [0, 0.05) is 18.0 Å². The molecule has 0 saturated carbocycles. The minimum Gasteiger partial charge on any atom is -0.338 e. The van der Waals surface area contributed by atoms with Gasteiger partial charge >= 0.3 is 0 Å². The number of aromatic nitrogens is 3. The Labute approximate surface area is 105 Å². The molecule has 0 aliphatic heterocycles. The van der Waals surface area contributed by atoms with E-state index in [4.69, 9.17) is 4.52 Å². The summed E-state index contributed by atoms with van der Waals surface area (Å²) in [5.74, 6) is 3.88. The van der Waals surface area contributed by atoms with Gasteiger partial charge in [0.05, 0.1) is 5.75 Å². The minimum atomic E-state index is 0.632. The molecule has 0 unspecified atom stereocenters. The molecule has 0 atom stereocenters. The molecule has 0 saturated heterocycles. The van der Waals surface area contributed by atoms with Crippen molar-refractivity contribution in [2.24, 2.45) is 5.92 Å². The maximum absolute atomic E-state index is 5.20. The Kier molecular flexibility index (Phi) is 4.14. The number of hydrogen-bond donors (Lipinski definition) is 0. The highest BCUT2D eigenvalue weighted by Gasteiger charge is 2.08. The van der Waals surface area contributed by atoms with Crippen molar-refractivity contribution in [3.05, 3.63) is 30.4 Å². The molecule has 90 valence electrons. The van der Waals surface area contributed by atoms with Crippen LogP contribution in [0.4, 0.5) is 0 Å². The molecular weight excluding hydrogens is 234 g/mol. The summed E-state index contributed by atoms with van der Waals surface area (Å²) in [4.78, 5) is 8.31. The van der Waals surface area contributed by atoms with Gasteiger partial charge in [0.25, 0.3) is 0 Å². The second kappa shape index (κ2) is 5.82. The van der Waals surface area contributed by atoms with Gasteiger partial charge < -0.3 is 4.52 Å². The zero-order chi connectivity index (χ0) is 12.1. The maximum atomic E-state index is 5.20. The topological polar surface area (TPSA) is 51.8 Å². The third kappa shape index (κ3) is 3.56. The normalized spacial score (nSPS) is 11.0. The lowest BCUT2D eigenvalue weighted by molar-refractivity contribution is 0.391. The summed E-state index contributed by atoms with van der Waals surface area (Å²) in [7, 11) is 0. The van der Waals surface area contributed by atoms with E-state index in [-0.39, 0.29) is 0 Å².